The molecule has 1 amide bonds. The summed E-state index contributed by atoms with van der Waals surface area (Å²) in [6.45, 7) is 0. The second-order valence-electron chi connectivity index (χ2n) is 4.27. The highest BCUT2D eigenvalue weighted by Gasteiger charge is 2.19. The molecule has 0 saturated heterocycles. The molecule has 122 valence electrons. The molecule has 0 radical (unpaired) electrons. The molecule has 1 aromatic carbocycles. The van der Waals surface area contributed by atoms with Gasteiger partial charge in [-0.2, -0.15) is 9.97 Å². The monoisotopic (exact) mass is 338 g/mol. The molecule has 0 atom stereocenters. The molecule has 0 bridgehead atoms. The van der Waals surface area contributed by atoms with Gasteiger partial charge >= 0.3 is 0 Å². The van der Waals surface area contributed by atoms with E-state index in [0.29, 0.717) is 0 Å². The van der Waals surface area contributed by atoms with Gasteiger partial charge in [-0.3, -0.25) is 10.1 Å². The number of hydrogen-bond acceptors (Lipinski definition) is 7. The van der Waals surface area contributed by atoms with Gasteiger partial charge in [-0.1, -0.05) is 12.1 Å². The van der Waals surface area contributed by atoms with E-state index >= 15 is 0 Å². The van der Waals surface area contributed by atoms with Crippen LogP contribution in [0.15, 0.2) is 35.2 Å². The summed E-state index contributed by atoms with van der Waals surface area (Å²) >= 11 is 0. The molecule has 0 fully saturated rings. The zero-order chi connectivity index (χ0) is 17.0. The summed E-state index contributed by atoms with van der Waals surface area (Å²) in [6, 6.07) is 6.95. The Hall–Kier alpha value is -2.72. The van der Waals surface area contributed by atoms with E-state index in [1.54, 1.807) is 0 Å². The normalized spacial score (nSPS) is 10.9. The van der Waals surface area contributed by atoms with Crippen molar-refractivity contribution in [3.63, 3.8) is 0 Å². The Morgan fingerprint density at radius 2 is 1.70 bits per heavy atom. The number of primary sulfonamides is 1. The van der Waals surface area contributed by atoms with Crippen LogP contribution < -0.4 is 19.9 Å². The molecule has 10 heteroatoms. The molecule has 0 spiro atoms. The number of nitrogens with zero attached hydrogens (tertiary/aromatic N) is 2. The van der Waals surface area contributed by atoms with Crippen molar-refractivity contribution >= 4 is 21.9 Å². The predicted octanol–water partition coefficient (Wildman–Crippen LogP) is 0.393. The zero-order valence-corrected chi connectivity index (χ0v) is 13.1. The summed E-state index contributed by atoms with van der Waals surface area (Å²) in [5, 5.41) is 7.48. The van der Waals surface area contributed by atoms with Crippen molar-refractivity contribution in [2.24, 2.45) is 5.14 Å². The van der Waals surface area contributed by atoms with Crippen molar-refractivity contribution in [3.05, 3.63) is 35.9 Å². The average Bonchev–Trinajstić information content (AvgIpc) is 2.53. The smallest absolute Gasteiger partial charge is 0.259 e. The van der Waals surface area contributed by atoms with Crippen LogP contribution in [-0.4, -0.2) is 38.5 Å². The number of sulfonamides is 1. The van der Waals surface area contributed by atoms with Gasteiger partial charge in [0.15, 0.2) is 0 Å². The summed E-state index contributed by atoms with van der Waals surface area (Å²) in [5.74, 6) is -0.487. The van der Waals surface area contributed by atoms with Gasteiger partial charge in [-0.25, -0.2) is 13.6 Å². The number of nitrogens with one attached hydrogen (secondary N) is 1. The molecule has 0 unspecified atom stereocenters. The average molecular weight is 338 g/mol. The molecule has 0 aliphatic heterocycles. The van der Waals surface area contributed by atoms with E-state index in [1.807, 2.05) is 0 Å². The fourth-order valence-electron chi connectivity index (χ4n) is 1.74. The number of anilines is 1. The number of methoxy groups -OCH3 is 2. The highest BCUT2D eigenvalue weighted by Crippen LogP contribution is 2.19. The van der Waals surface area contributed by atoms with E-state index in [-0.39, 0.29) is 28.2 Å². The number of nitrogens with two attached hydrogens (primary N) is 1. The number of amides is 1. The van der Waals surface area contributed by atoms with Crippen LogP contribution in [-0.2, 0) is 10.0 Å². The lowest BCUT2D eigenvalue weighted by atomic mass is 10.2. The van der Waals surface area contributed by atoms with Crippen molar-refractivity contribution in [3.8, 4) is 11.8 Å². The van der Waals surface area contributed by atoms with E-state index in [1.165, 1.54) is 44.6 Å². The van der Waals surface area contributed by atoms with Crippen LogP contribution >= 0.6 is 0 Å². The Morgan fingerprint density at radius 3 is 2.22 bits per heavy atom. The summed E-state index contributed by atoms with van der Waals surface area (Å²) in [6.07, 6.45) is 0. The van der Waals surface area contributed by atoms with Crippen molar-refractivity contribution in [2.45, 2.75) is 4.90 Å². The molecular weight excluding hydrogens is 324 g/mol. The Kier molecular flexibility index (Phi) is 4.77. The van der Waals surface area contributed by atoms with Crippen LogP contribution in [0.2, 0.25) is 0 Å². The molecule has 0 saturated carbocycles. The van der Waals surface area contributed by atoms with Gasteiger partial charge in [0.05, 0.1) is 30.7 Å². The van der Waals surface area contributed by atoms with Gasteiger partial charge in [-0.05, 0) is 12.1 Å². The third kappa shape index (κ3) is 3.93. The van der Waals surface area contributed by atoms with Crippen LogP contribution in [0, 0.1) is 0 Å². The highest BCUT2D eigenvalue weighted by molar-refractivity contribution is 7.89. The lowest BCUT2D eigenvalue weighted by Crippen LogP contribution is -2.21. The summed E-state index contributed by atoms with van der Waals surface area (Å²) < 4.78 is 33.0. The Balaban J connectivity index is 2.37. The van der Waals surface area contributed by atoms with Gasteiger partial charge in [0.25, 0.3) is 5.91 Å². The first-order valence-corrected chi connectivity index (χ1v) is 7.80. The fraction of sp³-hybridized carbons (Fsp3) is 0.154. The van der Waals surface area contributed by atoms with Crippen molar-refractivity contribution < 1.29 is 22.7 Å². The quantitative estimate of drug-likeness (QED) is 0.805. The predicted molar refractivity (Wildman–Crippen MR) is 80.9 cm³/mol. The number of carbonyl (C=O) groups excluding carboxylic acids is 1. The summed E-state index contributed by atoms with van der Waals surface area (Å²) in [5.41, 5.74) is -0.125. The van der Waals surface area contributed by atoms with Gasteiger partial charge in [0, 0.05) is 0 Å². The van der Waals surface area contributed by atoms with E-state index < -0.39 is 15.9 Å². The zero-order valence-electron chi connectivity index (χ0n) is 12.3. The number of hydrogen-bond donors (Lipinski definition) is 2. The van der Waals surface area contributed by atoms with Crippen LogP contribution in [0.3, 0.4) is 0 Å². The Labute approximate surface area is 132 Å². The van der Waals surface area contributed by atoms with Crippen molar-refractivity contribution in [1.82, 2.24) is 9.97 Å². The van der Waals surface area contributed by atoms with Gasteiger partial charge in [-0.15, -0.1) is 0 Å². The Bertz CT molecular complexity index is 816. The first-order valence-electron chi connectivity index (χ1n) is 6.25. The van der Waals surface area contributed by atoms with Gasteiger partial charge < -0.3 is 9.47 Å². The molecule has 2 aromatic rings. The number of ether oxygens (including phenoxy) is 2. The minimum absolute atomic E-state index is 0.101. The van der Waals surface area contributed by atoms with Crippen molar-refractivity contribution in [1.29, 1.82) is 0 Å². The van der Waals surface area contributed by atoms with E-state index in [4.69, 9.17) is 14.6 Å². The van der Waals surface area contributed by atoms with Crippen LogP contribution in [0.4, 0.5) is 5.95 Å². The van der Waals surface area contributed by atoms with Crippen molar-refractivity contribution in [2.75, 3.05) is 19.5 Å². The van der Waals surface area contributed by atoms with Crippen LogP contribution in [0.5, 0.6) is 11.8 Å². The molecule has 1 aromatic heterocycles. The number of carbonyl (C=O) groups is 1. The minimum atomic E-state index is -4.05. The molecule has 1 heterocycles. The number of rotatable bonds is 5. The first-order chi connectivity index (χ1) is 10.8. The van der Waals surface area contributed by atoms with Crippen LogP contribution in [0.1, 0.15) is 10.4 Å². The standard InChI is InChI=1S/C13H14N4O5S/c1-21-10-7-11(22-2)16-13(15-10)17-12(18)8-5-3-4-6-9(8)23(14,19)20/h3-7H,1-2H3,(H2,14,19,20)(H,15,16,17,18). The SMILES string of the molecule is COc1cc(OC)nc(NC(=O)c2ccccc2S(N)(=O)=O)n1. The van der Waals surface area contributed by atoms with Gasteiger partial charge in [0.2, 0.25) is 27.7 Å². The van der Waals surface area contributed by atoms with E-state index in [0.717, 1.165) is 0 Å². The maximum Gasteiger partial charge on any atom is 0.259 e. The van der Waals surface area contributed by atoms with Crippen LogP contribution in [0.25, 0.3) is 0 Å². The molecule has 23 heavy (non-hydrogen) atoms. The van der Waals surface area contributed by atoms with E-state index in [2.05, 4.69) is 15.3 Å². The molecule has 0 aliphatic rings. The second-order valence-corrected chi connectivity index (χ2v) is 5.80. The maximum absolute atomic E-state index is 12.3. The van der Waals surface area contributed by atoms with E-state index in [9.17, 15) is 13.2 Å². The lowest BCUT2D eigenvalue weighted by molar-refractivity contribution is 0.102. The Morgan fingerprint density at radius 1 is 1.13 bits per heavy atom. The topological polar surface area (TPSA) is 134 Å². The first kappa shape index (κ1) is 16.6. The highest BCUT2D eigenvalue weighted by atomic mass is 32.2. The largest absolute Gasteiger partial charge is 0.481 e. The fourth-order valence-corrected chi connectivity index (χ4v) is 2.48. The lowest BCUT2D eigenvalue weighted by Gasteiger charge is -2.09. The maximum atomic E-state index is 12.3. The molecule has 2 rings (SSSR count). The summed E-state index contributed by atoms with van der Waals surface area (Å²) in [4.78, 5) is 19.9. The van der Waals surface area contributed by atoms with Gasteiger partial charge in [0.1, 0.15) is 0 Å². The number of benzene rings is 1. The summed E-state index contributed by atoms with van der Waals surface area (Å²) in [7, 11) is -1.26. The third-order valence-corrected chi connectivity index (χ3v) is 3.73. The molecule has 9 nitrogen and oxygen atoms in total. The molecule has 0 aliphatic carbocycles. The molecule has 3 N–H and O–H groups in total. The second kappa shape index (κ2) is 6.58. The third-order valence-electron chi connectivity index (χ3n) is 2.76. The number of aromatic nitrogens is 2. The molecular formula is C13H14N4O5S. The minimum Gasteiger partial charge on any atom is -0.481 e.